The number of anilines is 2. The number of hydrogen-bond acceptors (Lipinski definition) is 5. The predicted octanol–water partition coefficient (Wildman–Crippen LogP) is 2.96. The molecule has 1 amide bonds. The molecule has 0 spiro atoms. The summed E-state index contributed by atoms with van der Waals surface area (Å²) < 4.78 is 6.87. The van der Waals surface area contributed by atoms with Crippen LogP contribution in [0.4, 0.5) is 11.4 Å². The Kier molecular flexibility index (Phi) is 5.79. The average Bonchev–Trinajstić information content (AvgIpc) is 3.18. The fourth-order valence-electron chi connectivity index (χ4n) is 3.54. The van der Waals surface area contributed by atoms with E-state index in [-0.39, 0.29) is 30.3 Å². The Morgan fingerprint density at radius 1 is 1.13 bits per heavy atom. The number of rotatable bonds is 7. The highest BCUT2D eigenvalue weighted by Gasteiger charge is 2.18. The Bertz CT molecular complexity index is 1100. The van der Waals surface area contributed by atoms with E-state index >= 15 is 0 Å². The number of ether oxygens (including phenoxy) is 1. The van der Waals surface area contributed by atoms with Crippen molar-refractivity contribution in [2.75, 3.05) is 29.9 Å². The van der Waals surface area contributed by atoms with Crippen LogP contribution in [0.2, 0.25) is 0 Å². The molecule has 7 nitrogen and oxygen atoms in total. The maximum absolute atomic E-state index is 12.7. The van der Waals surface area contributed by atoms with E-state index in [1.54, 1.807) is 0 Å². The second-order valence-electron chi connectivity index (χ2n) is 7.07. The number of hydrogen-bond donors (Lipinski definition) is 1. The molecule has 1 aromatic heterocycles. The van der Waals surface area contributed by atoms with Crippen LogP contribution in [0.1, 0.15) is 23.0 Å². The van der Waals surface area contributed by atoms with E-state index in [0.717, 1.165) is 30.9 Å². The van der Waals surface area contributed by atoms with E-state index in [1.165, 1.54) is 22.4 Å². The third-order valence-electron chi connectivity index (χ3n) is 5.13. The van der Waals surface area contributed by atoms with Gasteiger partial charge in [-0.3, -0.25) is 9.59 Å². The standard InChI is InChI=1S/C23H24N4O3/c1-2-26-13-12-17-8-9-18(16-21(17)26)24-23(29)20-10-11-22(28)27(25-20)14-15-30-19-6-4-3-5-7-19/h3-11,16H,2,12-15H2,1H3,(H,24,29). The van der Waals surface area contributed by atoms with Crippen LogP contribution in [0.25, 0.3) is 0 Å². The van der Waals surface area contributed by atoms with Gasteiger partial charge >= 0.3 is 0 Å². The Hall–Kier alpha value is -3.61. The Balaban J connectivity index is 1.43. The Labute approximate surface area is 174 Å². The van der Waals surface area contributed by atoms with E-state index in [9.17, 15) is 9.59 Å². The molecule has 0 radical (unpaired) electrons. The first-order valence-electron chi connectivity index (χ1n) is 10.1. The number of carbonyl (C=O) groups is 1. The smallest absolute Gasteiger partial charge is 0.276 e. The maximum atomic E-state index is 12.7. The van der Waals surface area contributed by atoms with Gasteiger partial charge < -0.3 is 15.0 Å². The first kappa shape index (κ1) is 19.7. The molecule has 154 valence electrons. The second kappa shape index (κ2) is 8.82. The first-order chi connectivity index (χ1) is 14.6. The van der Waals surface area contributed by atoms with Crippen LogP contribution >= 0.6 is 0 Å². The molecule has 0 atom stereocenters. The van der Waals surface area contributed by atoms with Gasteiger partial charge in [-0.25, -0.2) is 4.68 Å². The zero-order valence-corrected chi connectivity index (χ0v) is 16.9. The van der Waals surface area contributed by atoms with Crippen molar-refractivity contribution in [3.8, 4) is 5.75 Å². The van der Waals surface area contributed by atoms with E-state index in [4.69, 9.17) is 4.74 Å². The quantitative estimate of drug-likeness (QED) is 0.655. The van der Waals surface area contributed by atoms with Gasteiger partial charge in [-0.2, -0.15) is 5.10 Å². The molecule has 2 aromatic carbocycles. The van der Waals surface area contributed by atoms with Gasteiger partial charge in [-0.1, -0.05) is 24.3 Å². The molecule has 0 saturated carbocycles. The van der Waals surface area contributed by atoms with Crippen molar-refractivity contribution in [3.63, 3.8) is 0 Å². The molecule has 1 aliphatic heterocycles. The van der Waals surface area contributed by atoms with Crippen LogP contribution in [0.5, 0.6) is 5.75 Å². The average molecular weight is 404 g/mol. The molecule has 7 heteroatoms. The topological polar surface area (TPSA) is 76.5 Å². The van der Waals surface area contributed by atoms with Crippen molar-refractivity contribution in [1.29, 1.82) is 0 Å². The van der Waals surface area contributed by atoms with Gasteiger partial charge in [-0.05, 0) is 49.2 Å². The molecule has 2 heterocycles. The highest BCUT2D eigenvalue weighted by Crippen LogP contribution is 2.30. The van der Waals surface area contributed by atoms with E-state index in [2.05, 4.69) is 28.3 Å². The summed E-state index contributed by atoms with van der Waals surface area (Å²) in [5, 5.41) is 7.09. The zero-order chi connectivity index (χ0) is 20.9. The van der Waals surface area contributed by atoms with Crippen LogP contribution in [-0.4, -0.2) is 35.4 Å². The number of carbonyl (C=O) groups excluding carboxylic acids is 1. The van der Waals surface area contributed by atoms with Gasteiger partial charge in [0.1, 0.15) is 18.1 Å². The third kappa shape index (κ3) is 4.35. The molecule has 0 fully saturated rings. The Morgan fingerprint density at radius 2 is 1.97 bits per heavy atom. The highest BCUT2D eigenvalue weighted by molar-refractivity contribution is 6.03. The number of aromatic nitrogens is 2. The van der Waals surface area contributed by atoms with Gasteiger partial charge in [0, 0.05) is 30.5 Å². The van der Waals surface area contributed by atoms with Crippen molar-refractivity contribution in [3.05, 3.63) is 82.3 Å². The number of nitrogens with zero attached hydrogens (tertiary/aromatic N) is 3. The largest absolute Gasteiger partial charge is 0.492 e. The zero-order valence-electron chi connectivity index (χ0n) is 16.9. The summed E-state index contributed by atoms with van der Waals surface area (Å²) in [5.74, 6) is 0.367. The van der Waals surface area contributed by atoms with Gasteiger partial charge in [0.05, 0.1) is 6.54 Å². The lowest BCUT2D eigenvalue weighted by molar-refractivity contribution is 0.101. The van der Waals surface area contributed by atoms with Gasteiger partial charge in [0.15, 0.2) is 0 Å². The van der Waals surface area contributed by atoms with E-state index < -0.39 is 0 Å². The predicted molar refractivity (Wildman–Crippen MR) is 116 cm³/mol. The van der Waals surface area contributed by atoms with Crippen molar-refractivity contribution < 1.29 is 9.53 Å². The third-order valence-corrected chi connectivity index (χ3v) is 5.13. The lowest BCUT2D eigenvalue weighted by Gasteiger charge is -2.17. The molecule has 1 N–H and O–H groups in total. The molecule has 0 saturated heterocycles. The number of amides is 1. The Morgan fingerprint density at radius 3 is 2.77 bits per heavy atom. The van der Waals surface area contributed by atoms with Crippen molar-refractivity contribution in [2.45, 2.75) is 19.9 Å². The second-order valence-corrected chi connectivity index (χ2v) is 7.07. The molecule has 30 heavy (non-hydrogen) atoms. The summed E-state index contributed by atoms with van der Waals surface area (Å²) in [5.41, 5.74) is 3.07. The first-order valence-corrected chi connectivity index (χ1v) is 10.1. The summed E-state index contributed by atoms with van der Waals surface area (Å²) in [4.78, 5) is 27.1. The fraction of sp³-hybridized carbons (Fsp3) is 0.261. The molecule has 4 rings (SSSR count). The minimum absolute atomic E-state index is 0.183. The maximum Gasteiger partial charge on any atom is 0.276 e. The van der Waals surface area contributed by atoms with E-state index in [0.29, 0.717) is 5.69 Å². The van der Waals surface area contributed by atoms with E-state index in [1.807, 2.05) is 42.5 Å². The number of fused-ring (bicyclic) bond motifs is 1. The van der Waals surface area contributed by atoms with Gasteiger partial charge in [-0.15, -0.1) is 0 Å². The van der Waals surface area contributed by atoms with Gasteiger partial charge in [0.25, 0.3) is 11.5 Å². The summed E-state index contributed by atoms with van der Waals surface area (Å²) in [6, 6.07) is 18.1. The van der Waals surface area contributed by atoms with Crippen molar-refractivity contribution in [1.82, 2.24) is 9.78 Å². The minimum atomic E-state index is -0.353. The van der Waals surface area contributed by atoms with Crippen LogP contribution in [0.15, 0.2) is 65.5 Å². The summed E-state index contributed by atoms with van der Waals surface area (Å²) in [6.45, 7) is 4.58. The van der Waals surface area contributed by atoms with Gasteiger partial charge in [0.2, 0.25) is 0 Å². The molecule has 0 bridgehead atoms. The molecule has 1 aliphatic rings. The van der Waals surface area contributed by atoms with Crippen LogP contribution in [0.3, 0.4) is 0 Å². The van der Waals surface area contributed by atoms with Crippen LogP contribution < -0.4 is 20.5 Å². The molecule has 0 aliphatic carbocycles. The van der Waals surface area contributed by atoms with Crippen LogP contribution in [0, 0.1) is 0 Å². The molecular weight excluding hydrogens is 380 g/mol. The SMILES string of the molecule is CCN1CCc2ccc(NC(=O)c3ccc(=O)n(CCOc4ccccc4)n3)cc21. The molecule has 0 unspecified atom stereocenters. The van der Waals surface area contributed by atoms with Crippen molar-refractivity contribution >= 4 is 17.3 Å². The number of benzene rings is 2. The van der Waals surface area contributed by atoms with Crippen molar-refractivity contribution in [2.24, 2.45) is 0 Å². The number of para-hydroxylation sites is 1. The minimum Gasteiger partial charge on any atom is -0.492 e. The highest BCUT2D eigenvalue weighted by atomic mass is 16.5. The summed E-state index contributed by atoms with van der Waals surface area (Å²) >= 11 is 0. The fourth-order valence-corrected chi connectivity index (χ4v) is 3.54. The molecule has 3 aromatic rings. The van der Waals surface area contributed by atoms with Crippen LogP contribution in [-0.2, 0) is 13.0 Å². The monoisotopic (exact) mass is 404 g/mol. The number of nitrogens with one attached hydrogen (secondary N) is 1. The lowest BCUT2D eigenvalue weighted by atomic mass is 10.1. The summed E-state index contributed by atoms with van der Waals surface area (Å²) in [7, 11) is 0. The lowest BCUT2D eigenvalue weighted by Crippen LogP contribution is -2.28. The summed E-state index contributed by atoms with van der Waals surface area (Å²) in [6.07, 6.45) is 1.02. The molecular formula is C23H24N4O3. The number of likely N-dealkylation sites (N-methyl/N-ethyl adjacent to an activating group) is 1. The normalized spacial score (nSPS) is 12.5.